The normalized spacial score (nSPS) is 17.3. The van der Waals surface area contributed by atoms with Crippen molar-refractivity contribution in [1.29, 1.82) is 0 Å². The third kappa shape index (κ3) is 4.03. The van der Waals surface area contributed by atoms with Crippen LogP contribution in [0.5, 0.6) is 5.88 Å². The highest BCUT2D eigenvalue weighted by Crippen LogP contribution is 2.39. The third-order valence-electron chi connectivity index (χ3n) is 5.74. The van der Waals surface area contributed by atoms with E-state index < -0.39 is 0 Å². The van der Waals surface area contributed by atoms with Gasteiger partial charge in [-0.1, -0.05) is 35.5 Å². The summed E-state index contributed by atoms with van der Waals surface area (Å²) < 4.78 is 8.06. The van der Waals surface area contributed by atoms with Crippen molar-refractivity contribution in [3.63, 3.8) is 0 Å². The zero-order chi connectivity index (χ0) is 21.4. The van der Waals surface area contributed by atoms with E-state index >= 15 is 0 Å². The highest BCUT2D eigenvalue weighted by Gasteiger charge is 2.30. The molecular formula is C23H24BrClN4O3. The summed E-state index contributed by atoms with van der Waals surface area (Å²) in [5.74, 6) is 0.148. The van der Waals surface area contributed by atoms with Gasteiger partial charge in [0.15, 0.2) is 0 Å². The van der Waals surface area contributed by atoms with E-state index in [2.05, 4.69) is 26.0 Å². The van der Waals surface area contributed by atoms with Crippen LogP contribution in [0.1, 0.15) is 11.1 Å². The van der Waals surface area contributed by atoms with Crippen LogP contribution in [0, 0.1) is 0 Å². The predicted octanol–water partition coefficient (Wildman–Crippen LogP) is 4.26. The minimum absolute atomic E-state index is 0. The summed E-state index contributed by atoms with van der Waals surface area (Å²) >= 11 is 3.60. The molecule has 0 bridgehead atoms. The summed E-state index contributed by atoms with van der Waals surface area (Å²) in [6.45, 7) is 4.61. The lowest BCUT2D eigenvalue weighted by molar-refractivity contribution is 0.0213. The van der Waals surface area contributed by atoms with Crippen molar-refractivity contribution in [2.45, 2.75) is 0 Å². The van der Waals surface area contributed by atoms with Crippen molar-refractivity contribution >= 4 is 56.4 Å². The Labute approximate surface area is 200 Å². The fourth-order valence-electron chi connectivity index (χ4n) is 4.13. The number of benzene rings is 2. The molecule has 168 valence electrons. The van der Waals surface area contributed by atoms with Crippen LogP contribution in [0.3, 0.4) is 0 Å². The number of aliphatic imine (C=N–C) groups is 1. The fraction of sp³-hybridized carbons (Fsp3) is 0.304. The van der Waals surface area contributed by atoms with Gasteiger partial charge in [-0.2, -0.15) is 0 Å². The minimum Gasteiger partial charge on any atom is -0.494 e. The van der Waals surface area contributed by atoms with Gasteiger partial charge in [0.2, 0.25) is 5.88 Å². The number of morpholine rings is 1. The van der Waals surface area contributed by atoms with Gasteiger partial charge in [0.05, 0.1) is 30.0 Å². The Hall–Kier alpha value is -2.39. The van der Waals surface area contributed by atoms with Crippen molar-refractivity contribution in [1.82, 2.24) is 9.47 Å². The van der Waals surface area contributed by atoms with Crippen LogP contribution in [-0.2, 0) is 16.6 Å². The van der Waals surface area contributed by atoms with Gasteiger partial charge in [0.1, 0.15) is 18.0 Å². The fourth-order valence-corrected chi connectivity index (χ4v) is 4.76. The predicted molar refractivity (Wildman–Crippen MR) is 132 cm³/mol. The molecule has 3 aromatic rings. The third-order valence-corrected chi connectivity index (χ3v) is 6.38. The highest BCUT2D eigenvalue weighted by molar-refractivity contribution is 9.10. The first-order valence-electron chi connectivity index (χ1n) is 10.3. The quantitative estimate of drug-likeness (QED) is 0.404. The zero-order valence-corrected chi connectivity index (χ0v) is 20.0. The molecule has 5 rings (SSSR count). The van der Waals surface area contributed by atoms with Gasteiger partial charge in [-0.15, -0.1) is 12.4 Å². The van der Waals surface area contributed by atoms with Gasteiger partial charge >= 0.3 is 0 Å². The van der Waals surface area contributed by atoms with Crippen LogP contribution in [-0.4, -0.2) is 65.5 Å². The molecule has 2 aromatic carbocycles. The summed E-state index contributed by atoms with van der Waals surface area (Å²) in [4.78, 5) is 12.9. The average molecular weight is 520 g/mol. The summed E-state index contributed by atoms with van der Waals surface area (Å²) in [6.07, 6.45) is 0. The molecule has 32 heavy (non-hydrogen) atoms. The molecule has 9 heteroatoms. The van der Waals surface area contributed by atoms with Crippen molar-refractivity contribution in [2.24, 2.45) is 17.2 Å². The van der Waals surface area contributed by atoms with Gasteiger partial charge in [-0.05, 0) is 28.1 Å². The number of oxime groups is 1. The second kappa shape index (κ2) is 9.62. The maximum absolute atomic E-state index is 11.0. The summed E-state index contributed by atoms with van der Waals surface area (Å²) in [7, 11) is 1.84. The molecule has 1 fully saturated rings. The van der Waals surface area contributed by atoms with Crippen LogP contribution >= 0.6 is 28.3 Å². The van der Waals surface area contributed by atoms with Crippen LogP contribution in [0.25, 0.3) is 10.9 Å². The molecule has 3 heterocycles. The second-order valence-corrected chi connectivity index (χ2v) is 8.45. The van der Waals surface area contributed by atoms with Crippen molar-refractivity contribution in [2.75, 3.05) is 39.5 Å². The van der Waals surface area contributed by atoms with E-state index in [1.807, 2.05) is 49.5 Å². The van der Waals surface area contributed by atoms with Gasteiger partial charge in [0.25, 0.3) is 0 Å². The highest BCUT2D eigenvalue weighted by atomic mass is 79.9. The maximum Gasteiger partial charge on any atom is 0.201 e. The first-order chi connectivity index (χ1) is 15.1. The molecule has 1 aromatic heterocycles. The van der Waals surface area contributed by atoms with Gasteiger partial charge in [0, 0.05) is 42.1 Å². The van der Waals surface area contributed by atoms with E-state index in [9.17, 15) is 5.11 Å². The van der Waals surface area contributed by atoms with E-state index in [4.69, 9.17) is 14.6 Å². The number of aromatic nitrogens is 1. The number of fused-ring (bicyclic) bond motifs is 2. The van der Waals surface area contributed by atoms with E-state index in [1.54, 1.807) is 4.57 Å². The van der Waals surface area contributed by atoms with E-state index in [-0.39, 0.29) is 18.3 Å². The Morgan fingerprint density at radius 2 is 1.94 bits per heavy atom. The van der Waals surface area contributed by atoms with Crippen LogP contribution in [0.4, 0.5) is 5.69 Å². The van der Waals surface area contributed by atoms with E-state index in [0.29, 0.717) is 23.6 Å². The number of aromatic hydroxyl groups is 1. The Kier molecular flexibility index (Phi) is 6.85. The largest absolute Gasteiger partial charge is 0.494 e. The van der Waals surface area contributed by atoms with Crippen LogP contribution in [0.2, 0.25) is 0 Å². The molecule has 0 saturated carbocycles. The average Bonchev–Trinajstić information content (AvgIpc) is 3.27. The molecule has 0 radical (unpaired) electrons. The number of hydrogen-bond acceptors (Lipinski definition) is 6. The second-order valence-electron chi connectivity index (χ2n) is 7.60. The number of halogens is 2. The van der Waals surface area contributed by atoms with Crippen LogP contribution < -0.4 is 0 Å². The van der Waals surface area contributed by atoms with Crippen LogP contribution in [0.15, 0.2) is 57.1 Å². The number of nitrogens with zero attached hydrogens (tertiary/aromatic N) is 4. The first-order valence-corrected chi connectivity index (χ1v) is 11.1. The molecule has 0 unspecified atom stereocenters. The zero-order valence-electron chi connectivity index (χ0n) is 17.6. The molecule has 2 aliphatic heterocycles. The Morgan fingerprint density at radius 3 is 2.75 bits per heavy atom. The summed E-state index contributed by atoms with van der Waals surface area (Å²) in [5, 5.41) is 16.4. The smallest absolute Gasteiger partial charge is 0.201 e. The van der Waals surface area contributed by atoms with E-state index in [1.165, 1.54) is 0 Å². The van der Waals surface area contributed by atoms with Gasteiger partial charge in [-0.3, -0.25) is 4.90 Å². The number of rotatable bonds is 5. The van der Waals surface area contributed by atoms with E-state index in [0.717, 1.165) is 59.5 Å². The molecule has 0 spiro atoms. The standard InChI is InChI=1S/C23H23BrN4O3.ClH/c1-27-22-16(6-4-7-17(22)24)19(23(27)29)21-20(15-5-2-3-8-18(15)25-21)26-31-14-11-28-9-12-30-13-10-28;/h2-8,29H,9-14H2,1H3;1H/b26-20+;. The number of para-hydroxylation sites is 2. The molecule has 0 amide bonds. The van der Waals surface area contributed by atoms with Crippen molar-refractivity contribution in [3.05, 3.63) is 58.1 Å². The molecule has 2 aliphatic rings. The number of hydrogen-bond donors (Lipinski definition) is 1. The van der Waals surface area contributed by atoms with Crippen molar-refractivity contribution < 1.29 is 14.7 Å². The molecule has 1 N–H and O–H groups in total. The summed E-state index contributed by atoms with van der Waals surface area (Å²) in [5.41, 5.74) is 4.54. The van der Waals surface area contributed by atoms with Gasteiger partial charge in [-0.25, -0.2) is 4.99 Å². The number of aryl methyl sites for hydroxylation is 1. The lowest BCUT2D eigenvalue weighted by Gasteiger charge is -2.25. The minimum atomic E-state index is 0. The lowest BCUT2D eigenvalue weighted by atomic mass is 10.0. The number of ether oxygens (including phenoxy) is 1. The molecule has 1 saturated heterocycles. The Balaban J connectivity index is 0.00000245. The topological polar surface area (TPSA) is 71.6 Å². The first kappa shape index (κ1) is 22.8. The maximum atomic E-state index is 11.0. The molecule has 7 nitrogen and oxygen atoms in total. The Bertz CT molecular complexity index is 1200. The van der Waals surface area contributed by atoms with Crippen molar-refractivity contribution in [3.8, 4) is 5.88 Å². The van der Waals surface area contributed by atoms with Gasteiger partial charge < -0.3 is 19.2 Å². The molecular weight excluding hydrogens is 496 g/mol. The monoisotopic (exact) mass is 518 g/mol. The summed E-state index contributed by atoms with van der Waals surface area (Å²) in [6, 6.07) is 13.7. The lowest BCUT2D eigenvalue weighted by Crippen LogP contribution is -2.38. The SMILES string of the molecule is Cl.Cn1c(O)c(C2=Nc3ccccc3/C2=N\OCCN2CCOCC2)c2cccc(Br)c21. The Morgan fingerprint density at radius 1 is 1.16 bits per heavy atom. The molecule has 0 atom stereocenters. The molecule has 0 aliphatic carbocycles.